The first-order valence-electron chi connectivity index (χ1n) is 6.80. The Morgan fingerprint density at radius 3 is 2.70 bits per heavy atom. The number of nitrogens with one attached hydrogen (secondary N) is 1. The van der Waals surface area contributed by atoms with Gasteiger partial charge in [-0.25, -0.2) is 4.68 Å². The SMILES string of the molecule is COc1c(C(=O)Nc2nnc(C)s2)nnn1Cc1ccccc1. The molecule has 0 spiro atoms. The number of amides is 1. The molecule has 3 aromatic rings. The lowest BCUT2D eigenvalue weighted by atomic mass is 10.2. The molecule has 3 rings (SSSR count). The number of aryl methyl sites for hydroxylation is 1. The highest BCUT2D eigenvalue weighted by Crippen LogP contribution is 2.20. The lowest BCUT2D eigenvalue weighted by Gasteiger charge is -2.06. The fraction of sp³-hybridized carbons (Fsp3) is 0.214. The van der Waals surface area contributed by atoms with Crippen molar-refractivity contribution in [2.45, 2.75) is 13.5 Å². The topological polar surface area (TPSA) is 94.8 Å². The number of carbonyl (C=O) groups is 1. The van der Waals surface area contributed by atoms with Crippen molar-refractivity contribution in [3.8, 4) is 5.88 Å². The summed E-state index contributed by atoms with van der Waals surface area (Å²) in [5, 5.41) is 19.4. The number of methoxy groups -OCH3 is 1. The summed E-state index contributed by atoms with van der Waals surface area (Å²) in [7, 11) is 1.48. The van der Waals surface area contributed by atoms with Gasteiger partial charge in [-0.2, -0.15) is 0 Å². The van der Waals surface area contributed by atoms with E-state index in [1.165, 1.54) is 23.1 Å². The van der Waals surface area contributed by atoms with E-state index in [-0.39, 0.29) is 5.69 Å². The van der Waals surface area contributed by atoms with Crippen molar-refractivity contribution in [2.75, 3.05) is 12.4 Å². The Balaban J connectivity index is 1.81. The number of benzene rings is 1. The highest BCUT2D eigenvalue weighted by molar-refractivity contribution is 7.15. The Morgan fingerprint density at radius 1 is 1.26 bits per heavy atom. The first kappa shape index (κ1) is 15.1. The molecule has 0 fully saturated rings. The van der Waals surface area contributed by atoms with Crippen LogP contribution in [0.1, 0.15) is 21.1 Å². The fourth-order valence-corrected chi connectivity index (χ4v) is 2.60. The molecule has 2 heterocycles. The Kier molecular flexibility index (Phi) is 4.29. The first-order chi connectivity index (χ1) is 11.2. The molecule has 9 heteroatoms. The van der Waals surface area contributed by atoms with Crippen molar-refractivity contribution in [1.29, 1.82) is 0 Å². The summed E-state index contributed by atoms with van der Waals surface area (Å²) < 4.78 is 6.83. The largest absolute Gasteiger partial charge is 0.479 e. The highest BCUT2D eigenvalue weighted by Gasteiger charge is 2.22. The Bertz CT molecular complexity index is 814. The predicted octanol–water partition coefficient (Wildman–Crippen LogP) is 1.75. The number of ether oxygens (including phenoxy) is 1. The van der Waals surface area contributed by atoms with Gasteiger partial charge in [0, 0.05) is 0 Å². The van der Waals surface area contributed by atoms with Crippen LogP contribution in [-0.4, -0.2) is 38.2 Å². The third-order valence-electron chi connectivity index (χ3n) is 3.02. The minimum Gasteiger partial charge on any atom is -0.479 e. The average Bonchev–Trinajstić information content (AvgIpc) is 3.14. The third-order valence-corrected chi connectivity index (χ3v) is 3.77. The van der Waals surface area contributed by atoms with Crippen LogP contribution in [0.25, 0.3) is 0 Å². The standard InChI is InChI=1S/C14H14N6O2S/c1-9-16-18-14(23-9)15-12(21)11-13(22-2)20(19-17-11)8-10-6-4-3-5-7-10/h3-7H,8H2,1-2H3,(H,15,18,21). The van der Waals surface area contributed by atoms with Crippen molar-refractivity contribution < 1.29 is 9.53 Å². The molecule has 0 aliphatic heterocycles. The number of nitrogens with zero attached hydrogens (tertiary/aromatic N) is 5. The van der Waals surface area contributed by atoms with Gasteiger partial charge < -0.3 is 4.74 Å². The molecule has 1 N–H and O–H groups in total. The summed E-state index contributed by atoms with van der Waals surface area (Å²) in [6.45, 7) is 2.27. The molecule has 0 saturated carbocycles. The second-order valence-corrected chi connectivity index (χ2v) is 5.85. The van der Waals surface area contributed by atoms with Crippen LogP contribution in [0.5, 0.6) is 5.88 Å². The summed E-state index contributed by atoms with van der Waals surface area (Å²) in [4.78, 5) is 12.3. The van der Waals surface area contributed by atoms with E-state index in [9.17, 15) is 4.79 Å². The Hall–Kier alpha value is -2.81. The highest BCUT2D eigenvalue weighted by atomic mass is 32.1. The van der Waals surface area contributed by atoms with E-state index >= 15 is 0 Å². The van der Waals surface area contributed by atoms with Gasteiger partial charge in [0.1, 0.15) is 5.01 Å². The van der Waals surface area contributed by atoms with Crippen LogP contribution >= 0.6 is 11.3 Å². The van der Waals surface area contributed by atoms with E-state index in [1.54, 1.807) is 0 Å². The first-order valence-corrected chi connectivity index (χ1v) is 7.62. The maximum absolute atomic E-state index is 12.3. The molecule has 0 saturated heterocycles. The van der Waals surface area contributed by atoms with Crippen LogP contribution in [0.4, 0.5) is 5.13 Å². The molecule has 23 heavy (non-hydrogen) atoms. The number of rotatable bonds is 5. The second kappa shape index (κ2) is 6.53. The average molecular weight is 330 g/mol. The second-order valence-electron chi connectivity index (χ2n) is 4.67. The molecule has 0 aliphatic carbocycles. The summed E-state index contributed by atoms with van der Waals surface area (Å²) in [6, 6.07) is 9.73. The van der Waals surface area contributed by atoms with E-state index in [2.05, 4.69) is 25.8 Å². The molecule has 1 amide bonds. The van der Waals surface area contributed by atoms with Gasteiger partial charge in [-0.05, 0) is 12.5 Å². The van der Waals surface area contributed by atoms with Gasteiger partial charge in [0.05, 0.1) is 13.7 Å². The molecule has 118 valence electrons. The number of hydrogen-bond donors (Lipinski definition) is 1. The molecule has 8 nitrogen and oxygen atoms in total. The molecule has 0 radical (unpaired) electrons. The molecule has 0 bridgehead atoms. The molecule has 2 aromatic heterocycles. The van der Waals surface area contributed by atoms with Crippen LogP contribution in [0.2, 0.25) is 0 Å². The maximum atomic E-state index is 12.3. The van der Waals surface area contributed by atoms with E-state index in [1.807, 2.05) is 37.3 Å². The van der Waals surface area contributed by atoms with Gasteiger partial charge in [-0.15, -0.1) is 15.3 Å². The van der Waals surface area contributed by atoms with E-state index in [0.717, 1.165) is 10.6 Å². The van der Waals surface area contributed by atoms with Crippen molar-refractivity contribution in [3.05, 3.63) is 46.6 Å². The molecule has 1 aromatic carbocycles. The summed E-state index contributed by atoms with van der Waals surface area (Å²) in [6.07, 6.45) is 0. The van der Waals surface area contributed by atoms with Crippen molar-refractivity contribution in [1.82, 2.24) is 25.2 Å². The van der Waals surface area contributed by atoms with E-state index in [4.69, 9.17) is 4.74 Å². The van der Waals surface area contributed by atoms with Gasteiger partial charge in [-0.1, -0.05) is 46.9 Å². The van der Waals surface area contributed by atoms with Crippen LogP contribution in [0.3, 0.4) is 0 Å². The van der Waals surface area contributed by atoms with Crippen LogP contribution in [0, 0.1) is 6.92 Å². The minimum absolute atomic E-state index is 0.108. The fourth-order valence-electron chi connectivity index (χ4n) is 2.01. The zero-order valence-electron chi connectivity index (χ0n) is 12.6. The van der Waals surface area contributed by atoms with Crippen molar-refractivity contribution >= 4 is 22.4 Å². The summed E-state index contributed by atoms with van der Waals surface area (Å²) in [5.41, 5.74) is 1.14. The van der Waals surface area contributed by atoms with Gasteiger partial charge in [0.15, 0.2) is 0 Å². The van der Waals surface area contributed by atoms with E-state index in [0.29, 0.717) is 17.6 Å². The zero-order chi connectivity index (χ0) is 16.2. The smallest absolute Gasteiger partial charge is 0.283 e. The van der Waals surface area contributed by atoms with E-state index < -0.39 is 5.91 Å². The number of carbonyl (C=O) groups excluding carboxylic acids is 1. The predicted molar refractivity (Wildman–Crippen MR) is 84.7 cm³/mol. The monoisotopic (exact) mass is 330 g/mol. The van der Waals surface area contributed by atoms with Crippen LogP contribution in [-0.2, 0) is 6.54 Å². The maximum Gasteiger partial charge on any atom is 0.283 e. The van der Waals surface area contributed by atoms with Crippen molar-refractivity contribution in [3.63, 3.8) is 0 Å². The van der Waals surface area contributed by atoms with Gasteiger partial charge in [0.2, 0.25) is 16.7 Å². The molecular weight excluding hydrogens is 316 g/mol. The summed E-state index contributed by atoms with van der Waals surface area (Å²) >= 11 is 1.28. The van der Waals surface area contributed by atoms with Crippen LogP contribution in [0.15, 0.2) is 30.3 Å². The Labute approximate surface area is 136 Å². The number of hydrogen-bond acceptors (Lipinski definition) is 7. The summed E-state index contributed by atoms with van der Waals surface area (Å²) in [5.74, 6) is -0.134. The molecular formula is C14H14N6O2S. The van der Waals surface area contributed by atoms with Gasteiger partial charge in [0.25, 0.3) is 5.91 Å². The normalized spacial score (nSPS) is 10.5. The minimum atomic E-state index is -0.433. The number of aromatic nitrogens is 5. The lowest BCUT2D eigenvalue weighted by molar-refractivity contribution is 0.101. The molecule has 0 aliphatic rings. The molecule has 0 unspecified atom stereocenters. The third kappa shape index (κ3) is 3.34. The quantitative estimate of drug-likeness (QED) is 0.766. The van der Waals surface area contributed by atoms with Crippen molar-refractivity contribution in [2.24, 2.45) is 0 Å². The number of anilines is 1. The van der Waals surface area contributed by atoms with Gasteiger partial charge >= 0.3 is 0 Å². The van der Waals surface area contributed by atoms with Gasteiger partial charge in [-0.3, -0.25) is 10.1 Å². The Morgan fingerprint density at radius 2 is 2.04 bits per heavy atom. The zero-order valence-corrected chi connectivity index (χ0v) is 13.4. The molecule has 0 atom stereocenters. The lowest BCUT2D eigenvalue weighted by Crippen LogP contribution is -2.14. The van der Waals surface area contributed by atoms with Crippen LogP contribution < -0.4 is 10.1 Å².